The second kappa shape index (κ2) is 8.33. The summed E-state index contributed by atoms with van der Waals surface area (Å²) in [7, 11) is 0. The molecule has 0 radical (unpaired) electrons. The molecule has 2 N–H and O–H groups in total. The van der Waals surface area contributed by atoms with Gasteiger partial charge in [-0.25, -0.2) is 14.6 Å². The van der Waals surface area contributed by atoms with Crippen molar-refractivity contribution in [2.24, 2.45) is 0 Å². The maximum atomic E-state index is 11.8. The fraction of sp³-hybridized carbons (Fsp3) is 0.316. The van der Waals surface area contributed by atoms with Gasteiger partial charge in [-0.3, -0.25) is 0 Å². The lowest BCUT2D eigenvalue weighted by Gasteiger charge is -2.22. The van der Waals surface area contributed by atoms with Crippen molar-refractivity contribution < 1.29 is 24.2 Å². The molecule has 2 aromatic rings. The van der Waals surface area contributed by atoms with Crippen molar-refractivity contribution in [2.45, 2.75) is 38.8 Å². The number of carbonyl (C=O) groups excluding carboxylic acids is 1. The minimum atomic E-state index is -1.15. The maximum absolute atomic E-state index is 11.8. The first-order valence-electron chi connectivity index (χ1n) is 8.13. The van der Waals surface area contributed by atoms with Crippen LogP contribution in [0, 0.1) is 0 Å². The summed E-state index contributed by atoms with van der Waals surface area (Å²) >= 11 is 0. The number of rotatable bonds is 6. The van der Waals surface area contributed by atoms with Gasteiger partial charge in [-0.05, 0) is 38.5 Å². The Kier molecular flexibility index (Phi) is 6.16. The molecule has 0 aliphatic heterocycles. The van der Waals surface area contributed by atoms with Gasteiger partial charge in [0.1, 0.15) is 17.4 Å². The van der Waals surface area contributed by atoms with E-state index in [-0.39, 0.29) is 6.42 Å². The van der Waals surface area contributed by atoms with Gasteiger partial charge < -0.3 is 19.9 Å². The molecular formula is C19H22N2O5. The Morgan fingerprint density at radius 3 is 2.38 bits per heavy atom. The van der Waals surface area contributed by atoms with Crippen LogP contribution in [0.1, 0.15) is 26.3 Å². The van der Waals surface area contributed by atoms with Crippen LogP contribution in [-0.2, 0) is 16.0 Å². The van der Waals surface area contributed by atoms with Crippen molar-refractivity contribution in [2.75, 3.05) is 0 Å². The van der Waals surface area contributed by atoms with E-state index in [2.05, 4.69) is 10.3 Å². The molecule has 1 unspecified atom stereocenters. The molecule has 0 aliphatic rings. The number of hydrogen-bond acceptors (Lipinski definition) is 5. The second-order valence-electron chi connectivity index (χ2n) is 6.66. The van der Waals surface area contributed by atoms with E-state index in [4.69, 9.17) is 9.47 Å². The number of hydrogen-bond donors (Lipinski definition) is 2. The van der Waals surface area contributed by atoms with Crippen molar-refractivity contribution >= 4 is 12.1 Å². The lowest BCUT2D eigenvalue weighted by atomic mass is 10.1. The molecule has 1 atom stereocenters. The minimum absolute atomic E-state index is 0.0766. The number of benzene rings is 1. The number of carboxylic acids is 1. The van der Waals surface area contributed by atoms with E-state index in [0.29, 0.717) is 17.2 Å². The largest absolute Gasteiger partial charge is 0.480 e. The van der Waals surface area contributed by atoms with Gasteiger partial charge in [0.25, 0.3) is 0 Å². The number of nitrogens with one attached hydrogen (secondary N) is 1. The molecule has 0 bridgehead atoms. The van der Waals surface area contributed by atoms with Crippen LogP contribution in [0.2, 0.25) is 0 Å². The highest BCUT2D eigenvalue weighted by Crippen LogP contribution is 2.19. The molecular weight excluding hydrogens is 336 g/mol. The predicted molar refractivity (Wildman–Crippen MR) is 95.3 cm³/mol. The molecule has 7 heteroatoms. The number of ether oxygens (including phenoxy) is 2. The van der Waals surface area contributed by atoms with E-state index < -0.39 is 23.7 Å². The predicted octanol–water partition coefficient (Wildman–Crippen LogP) is 3.39. The summed E-state index contributed by atoms with van der Waals surface area (Å²) in [5, 5.41) is 11.7. The molecule has 1 aromatic carbocycles. The third-order valence-electron chi connectivity index (χ3n) is 3.19. The van der Waals surface area contributed by atoms with Crippen LogP contribution in [0.25, 0.3) is 0 Å². The van der Waals surface area contributed by atoms with Crippen molar-refractivity contribution in [3.05, 3.63) is 54.2 Å². The van der Waals surface area contributed by atoms with Crippen molar-refractivity contribution in [1.29, 1.82) is 0 Å². The summed E-state index contributed by atoms with van der Waals surface area (Å²) < 4.78 is 10.7. The number of pyridine rings is 1. The third kappa shape index (κ3) is 6.43. The van der Waals surface area contributed by atoms with Crippen LogP contribution in [0.4, 0.5) is 4.79 Å². The normalized spacial score (nSPS) is 12.1. The van der Waals surface area contributed by atoms with Gasteiger partial charge >= 0.3 is 12.1 Å². The molecule has 26 heavy (non-hydrogen) atoms. The quantitative estimate of drug-likeness (QED) is 0.821. The Morgan fingerprint density at radius 1 is 1.15 bits per heavy atom. The lowest BCUT2D eigenvalue weighted by molar-refractivity contribution is -0.139. The zero-order valence-electron chi connectivity index (χ0n) is 14.9. The van der Waals surface area contributed by atoms with Crippen LogP contribution in [0.3, 0.4) is 0 Å². The number of carbonyl (C=O) groups is 2. The van der Waals surface area contributed by atoms with Crippen molar-refractivity contribution in [3.8, 4) is 11.6 Å². The summed E-state index contributed by atoms with van der Waals surface area (Å²) in [6, 6.07) is 11.4. The van der Waals surface area contributed by atoms with Gasteiger partial charge in [0.15, 0.2) is 0 Å². The highest BCUT2D eigenvalue weighted by molar-refractivity contribution is 5.80. The Bertz CT molecular complexity index is 739. The number of para-hydroxylation sites is 1. The Labute approximate surface area is 152 Å². The van der Waals surface area contributed by atoms with Gasteiger partial charge in [0.2, 0.25) is 5.88 Å². The summed E-state index contributed by atoms with van der Waals surface area (Å²) in [6.45, 7) is 5.12. The molecule has 1 aromatic heterocycles. The van der Waals surface area contributed by atoms with E-state index in [1.54, 1.807) is 45.0 Å². The molecule has 2 rings (SSSR count). The first kappa shape index (κ1) is 19.2. The number of amides is 1. The summed E-state index contributed by atoms with van der Waals surface area (Å²) in [4.78, 5) is 27.4. The average Bonchev–Trinajstić information content (AvgIpc) is 2.55. The van der Waals surface area contributed by atoms with Gasteiger partial charge in [0.05, 0.1) is 0 Å². The van der Waals surface area contributed by atoms with E-state index in [1.807, 2.05) is 18.2 Å². The molecule has 0 saturated heterocycles. The van der Waals surface area contributed by atoms with E-state index >= 15 is 0 Å². The monoisotopic (exact) mass is 358 g/mol. The highest BCUT2D eigenvalue weighted by atomic mass is 16.6. The van der Waals surface area contributed by atoms with Crippen LogP contribution >= 0.6 is 0 Å². The molecule has 1 heterocycles. The minimum Gasteiger partial charge on any atom is -0.480 e. The number of alkyl carbamates (subject to hydrolysis) is 1. The maximum Gasteiger partial charge on any atom is 0.408 e. The van der Waals surface area contributed by atoms with Crippen LogP contribution in [0.5, 0.6) is 11.6 Å². The Morgan fingerprint density at radius 2 is 1.85 bits per heavy atom. The van der Waals surface area contributed by atoms with Crippen LogP contribution in [-0.4, -0.2) is 33.8 Å². The summed E-state index contributed by atoms with van der Waals surface area (Å²) in [5.74, 6) is -0.102. The van der Waals surface area contributed by atoms with Crippen molar-refractivity contribution in [1.82, 2.24) is 10.3 Å². The zero-order valence-corrected chi connectivity index (χ0v) is 14.9. The number of aromatic nitrogens is 1. The second-order valence-corrected chi connectivity index (χ2v) is 6.66. The SMILES string of the molecule is CC(C)(C)OC(=O)NC(Cc1ccc(Oc2ccccc2)nc1)C(=O)O. The molecule has 138 valence electrons. The third-order valence-corrected chi connectivity index (χ3v) is 3.19. The summed E-state index contributed by atoms with van der Waals surface area (Å²) in [5.41, 5.74) is -0.0562. The molecule has 1 amide bonds. The summed E-state index contributed by atoms with van der Waals surface area (Å²) in [6.07, 6.45) is 0.819. The Balaban J connectivity index is 1.98. The molecule has 0 aliphatic carbocycles. The fourth-order valence-corrected chi connectivity index (χ4v) is 2.09. The van der Waals surface area contributed by atoms with E-state index in [9.17, 15) is 14.7 Å². The molecule has 0 saturated carbocycles. The van der Waals surface area contributed by atoms with Gasteiger partial charge in [0, 0.05) is 18.7 Å². The van der Waals surface area contributed by atoms with Crippen LogP contribution < -0.4 is 10.1 Å². The fourth-order valence-electron chi connectivity index (χ4n) is 2.09. The first-order chi connectivity index (χ1) is 12.2. The molecule has 7 nitrogen and oxygen atoms in total. The standard InChI is InChI=1S/C19H22N2O5/c1-19(2,3)26-18(24)21-15(17(22)23)11-13-9-10-16(20-12-13)25-14-7-5-4-6-8-14/h4-10,12,15H,11H2,1-3H3,(H,21,24)(H,22,23). The molecule has 0 fully saturated rings. The van der Waals surface area contributed by atoms with Gasteiger partial charge in [-0.2, -0.15) is 0 Å². The lowest BCUT2D eigenvalue weighted by Crippen LogP contribution is -2.44. The smallest absolute Gasteiger partial charge is 0.408 e. The number of carboxylic acid groups (broad SMARTS) is 1. The zero-order chi connectivity index (χ0) is 19.2. The van der Waals surface area contributed by atoms with Crippen molar-refractivity contribution in [3.63, 3.8) is 0 Å². The highest BCUT2D eigenvalue weighted by Gasteiger charge is 2.24. The Hall–Kier alpha value is -3.09. The van der Waals surface area contributed by atoms with E-state index in [1.165, 1.54) is 6.20 Å². The molecule has 0 spiro atoms. The number of aliphatic carboxylic acids is 1. The first-order valence-corrected chi connectivity index (χ1v) is 8.13. The number of nitrogens with zero attached hydrogens (tertiary/aromatic N) is 1. The average molecular weight is 358 g/mol. The van der Waals surface area contributed by atoms with Gasteiger partial charge in [-0.15, -0.1) is 0 Å². The van der Waals surface area contributed by atoms with Gasteiger partial charge in [-0.1, -0.05) is 24.3 Å². The topological polar surface area (TPSA) is 97.8 Å². The van der Waals surface area contributed by atoms with E-state index in [0.717, 1.165) is 0 Å². The van der Waals surface area contributed by atoms with Crippen LogP contribution in [0.15, 0.2) is 48.7 Å².